The van der Waals surface area contributed by atoms with Gasteiger partial charge >= 0.3 is 0 Å². The smallest absolute Gasteiger partial charge is 0.227 e. The van der Waals surface area contributed by atoms with Crippen LogP contribution in [0.5, 0.6) is 0 Å². The highest BCUT2D eigenvalue weighted by Crippen LogP contribution is 2.41. The lowest BCUT2D eigenvalue weighted by atomic mass is 9.80. The number of aromatic nitrogens is 2. The molecule has 1 atom stereocenters. The number of carbonyl (C=O) groups is 1. The summed E-state index contributed by atoms with van der Waals surface area (Å²) < 4.78 is 5.94. The van der Waals surface area contributed by atoms with Crippen LogP contribution in [0.3, 0.4) is 0 Å². The standard InChI is InChI=1S/C20H30N4O2/c1-13-15-10-26-12-20(7-8-24(11-20)17(25)19(2,3)4)16(15)23-18(22-13)21-9-14-5-6-14/h14H,5-12H2,1-4H3,(H,21,22,23)/t20-/m1/s1. The van der Waals surface area contributed by atoms with Gasteiger partial charge in [0.15, 0.2) is 0 Å². The maximum absolute atomic E-state index is 12.8. The number of fused-ring (bicyclic) bond motifs is 2. The lowest BCUT2D eigenvalue weighted by Crippen LogP contribution is -2.44. The summed E-state index contributed by atoms with van der Waals surface area (Å²) in [4.78, 5) is 24.3. The Labute approximate surface area is 155 Å². The van der Waals surface area contributed by atoms with Gasteiger partial charge in [0.2, 0.25) is 11.9 Å². The maximum Gasteiger partial charge on any atom is 0.227 e. The van der Waals surface area contributed by atoms with Gasteiger partial charge in [-0.05, 0) is 32.1 Å². The number of amides is 1. The summed E-state index contributed by atoms with van der Waals surface area (Å²) >= 11 is 0. The lowest BCUT2D eigenvalue weighted by molar-refractivity contribution is -0.138. The van der Waals surface area contributed by atoms with Gasteiger partial charge in [-0.25, -0.2) is 9.97 Å². The number of likely N-dealkylation sites (tertiary alicyclic amines) is 1. The molecular weight excluding hydrogens is 328 g/mol. The van der Waals surface area contributed by atoms with E-state index in [-0.39, 0.29) is 16.7 Å². The third-order valence-corrected chi connectivity index (χ3v) is 5.87. The molecule has 6 nitrogen and oxygen atoms in total. The fourth-order valence-corrected chi connectivity index (χ4v) is 4.09. The van der Waals surface area contributed by atoms with Crippen molar-refractivity contribution in [3.8, 4) is 0 Å². The van der Waals surface area contributed by atoms with E-state index in [1.165, 1.54) is 12.8 Å². The van der Waals surface area contributed by atoms with Crippen molar-refractivity contribution in [2.24, 2.45) is 11.3 Å². The molecule has 1 N–H and O–H groups in total. The van der Waals surface area contributed by atoms with Gasteiger partial charge in [0, 0.05) is 36.3 Å². The minimum atomic E-state index is -0.359. The summed E-state index contributed by atoms with van der Waals surface area (Å²) in [5.41, 5.74) is 2.64. The van der Waals surface area contributed by atoms with Gasteiger partial charge in [-0.15, -0.1) is 0 Å². The Hall–Kier alpha value is -1.69. The van der Waals surface area contributed by atoms with E-state index in [2.05, 4.69) is 10.3 Å². The topological polar surface area (TPSA) is 67.4 Å². The highest BCUT2D eigenvalue weighted by Gasteiger charge is 2.48. The van der Waals surface area contributed by atoms with E-state index in [0.717, 1.165) is 48.3 Å². The van der Waals surface area contributed by atoms with Gasteiger partial charge in [0.05, 0.1) is 24.3 Å². The van der Waals surface area contributed by atoms with Crippen LogP contribution in [-0.2, 0) is 21.6 Å². The second-order valence-corrected chi connectivity index (χ2v) is 9.28. The number of hydrogen-bond donors (Lipinski definition) is 1. The molecule has 3 heterocycles. The average molecular weight is 358 g/mol. The largest absolute Gasteiger partial charge is 0.376 e. The summed E-state index contributed by atoms with van der Waals surface area (Å²) in [7, 11) is 0. The van der Waals surface area contributed by atoms with Crippen LogP contribution in [-0.4, -0.2) is 47.0 Å². The molecule has 2 fully saturated rings. The summed E-state index contributed by atoms with van der Waals surface area (Å²) in [6, 6.07) is 0. The minimum absolute atomic E-state index is 0.196. The van der Waals surface area contributed by atoms with Gasteiger partial charge in [0.25, 0.3) is 0 Å². The number of carbonyl (C=O) groups excluding carboxylic acids is 1. The fourth-order valence-electron chi connectivity index (χ4n) is 4.09. The van der Waals surface area contributed by atoms with Crippen LogP contribution < -0.4 is 5.32 Å². The van der Waals surface area contributed by atoms with Crippen molar-refractivity contribution in [2.45, 2.75) is 59.0 Å². The molecule has 1 aromatic rings. The lowest BCUT2D eigenvalue weighted by Gasteiger charge is -2.35. The van der Waals surface area contributed by atoms with Crippen LogP contribution in [0.2, 0.25) is 0 Å². The number of hydrogen-bond acceptors (Lipinski definition) is 5. The molecule has 1 saturated carbocycles. The van der Waals surface area contributed by atoms with E-state index in [4.69, 9.17) is 9.72 Å². The number of ether oxygens (including phenoxy) is 1. The highest BCUT2D eigenvalue weighted by molar-refractivity contribution is 5.82. The predicted molar refractivity (Wildman–Crippen MR) is 100.0 cm³/mol. The van der Waals surface area contributed by atoms with Crippen molar-refractivity contribution in [1.29, 1.82) is 0 Å². The van der Waals surface area contributed by atoms with Crippen LogP contribution in [0.1, 0.15) is 57.0 Å². The van der Waals surface area contributed by atoms with Crippen LogP contribution in [0, 0.1) is 18.3 Å². The molecular formula is C20H30N4O2. The summed E-state index contributed by atoms with van der Waals surface area (Å²) in [6.45, 7) is 11.6. The monoisotopic (exact) mass is 358 g/mol. The SMILES string of the molecule is Cc1nc(NCC2CC2)nc2c1COC[C@]21CCN(C(=O)C(C)(C)C)C1. The molecule has 142 valence electrons. The molecule has 1 saturated heterocycles. The molecule has 6 heteroatoms. The Morgan fingerprint density at radius 3 is 2.81 bits per heavy atom. The third kappa shape index (κ3) is 3.20. The van der Waals surface area contributed by atoms with E-state index in [9.17, 15) is 4.79 Å². The van der Waals surface area contributed by atoms with Crippen LogP contribution >= 0.6 is 0 Å². The molecule has 0 unspecified atom stereocenters. The number of nitrogens with one attached hydrogen (secondary N) is 1. The molecule has 1 spiro atoms. The zero-order chi connectivity index (χ0) is 18.5. The molecule has 0 radical (unpaired) electrons. The van der Waals surface area contributed by atoms with E-state index < -0.39 is 0 Å². The van der Waals surface area contributed by atoms with Gasteiger partial charge in [-0.1, -0.05) is 20.8 Å². The normalized spacial score (nSPS) is 25.5. The summed E-state index contributed by atoms with van der Waals surface area (Å²) in [5, 5.41) is 3.42. The predicted octanol–water partition coefficient (Wildman–Crippen LogP) is 2.65. The minimum Gasteiger partial charge on any atom is -0.376 e. The molecule has 1 amide bonds. The number of nitrogens with zero attached hydrogens (tertiary/aromatic N) is 3. The van der Waals surface area contributed by atoms with E-state index in [1.807, 2.05) is 32.6 Å². The summed E-state index contributed by atoms with van der Waals surface area (Å²) in [5.74, 6) is 1.72. The zero-order valence-corrected chi connectivity index (χ0v) is 16.4. The van der Waals surface area contributed by atoms with Gasteiger partial charge < -0.3 is 15.0 Å². The van der Waals surface area contributed by atoms with Gasteiger partial charge in [-0.2, -0.15) is 0 Å². The molecule has 0 aromatic carbocycles. The highest BCUT2D eigenvalue weighted by atomic mass is 16.5. The molecule has 2 aliphatic heterocycles. The summed E-state index contributed by atoms with van der Waals surface area (Å²) in [6.07, 6.45) is 3.51. The Morgan fingerprint density at radius 2 is 2.12 bits per heavy atom. The average Bonchev–Trinajstić information content (AvgIpc) is 3.32. The van der Waals surface area contributed by atoms with Crippen molar-refractivity contribution in [3.63, 3.8) is 0 Å². The third-order valence-electron chi connectivity index (χ3n) is 5.87. The first-order valence-electron chi connectivity index (χ1n) is 9.77. The second-order valence-electron chi connectivity index (χ2n) is 9.28. The Kier molecular flexibility index (Phi) is 4.21. The molecule has 0 bridgehead atoms. The maximum atomic E-state index is 12.8. The van der Waals surface area contributed by atoms with Crippen molar-refractivity contribution in [1.82, 2.24) is 14.9 Å². The number of aryl methyl sites for hydroxylation is 1. The second kappa shape index (κ2) is 6.19. The van der Waals surface area contributed by atoms with Gasteiger partial charge in [0.1, 0.15) is 0 Å². The van der Waals surface area contributed by atoms with Crippen LogP contribution in [0.4, 0.5) is 5.95 Å². The Bertz CT molecular complexity index is 723. The first kappa shape index (κ1) is 17.7. The molecule has 26 heavy (non-hydrogen) atoms. The van der Waals surface area contributed by atoms with Gasteiger partial charge in [-0.3, -0.25) is 4.79 Å². The zero-order valence-electron chi connectivity index (χ0n) is 16.4. The number of anilines is 1. The molecule has 3 aliphatic rings. The van der Waals surface area contributed by atoms with Crippen molar-refractivity contribution in [2.75, 3.05) is 31.6 Å². The van der Waals surface area contributed by atoms with E-state index in [1.54, 1.807) is 0 Å². The molecule has 1 aromatic heterocycles. The Balaban J connectivity index is 1.62. The van der Waals surface area contributed by atoms with E-state index in [0.29, 0.717) is 19.8 Å². The van der Waals surface area contributed by atoms with Crippen molar-refractivity contribution >= 4 is 11.9 Å². The van der Waals surface area contributed by atoms with Crippen LogP contribution in [0.25, 0.3) is 0 Å². The molecule has 4 rings (SSSR count). The van der Waals surface area contributed by atoms with Crippen molar-refractivity contribution < 1.29 is 9.53 Å². The van der Waals surface area contributed by atoms with Crippen molar-refractivity contribution in [3.05, 3.63) is 17.0 Å². The van der Waals surface area contributed by atoms with E-state index >= 15 is 0 Å². The first-order chi connectivity index (χ1) is 12.3. The van der Waals surface area contributed by atoms with Crippen LogP contribution in [0.15, 0.2) is 0 Å². The quantitative estimate of drug-likeness (QED) is 0.900. The Morgan fingerprint density at radius 1 is 1.35 bits per heavy atom. The number of rotatable bonds is 3. The first-order valence-corrected chi connectivity index (χ1v) is 9.77. The molecule has 1 aliphatic carbocycles. The fraction of sp³-hybridized carbons (Fsp3) is 0.750.